The monoisotopic (exact) mass is 256 g/mol. The number of ether oxygens (including phenoxy) is 1. The van der Waals surface area contributed by atoms with Gasteiger partial charge in [-0.1, -0.05) is 6.07 Å². The minimum atomic E-state index is -0.218. The quantitative estimate of drug-likeness (QED) is 0.918. The standard InChI is InChI=1S/C16H20N2O/c1-10-7-12(3)15(14(8-10)19-4)16(17)13-9-18-6-5-11(13)2/h5-9,16H,17H2,1-4H3. The molecule has 100 valence electrons. The zero-order valence-electron chi connectivity index (χ0n) is 11.9. The Balaban J connectivity index is 2.56. The Hall–Kier alpha value is -1.87. The summed E-state index contributed by atoms with van der Waals surface area (Å²) in [5, 5.41) is 0. The summed E-state index contributed by atoms with van der Waals surface area (Å²) < 4.78 is 5.49. The number of rotatable bonds is 3. The van der Waals surface area contributed by atoms with Crippen LogP contribution in [0.3, 0.4) is 0 Å². The fourth-order valence-corrected chi connectivity index (χ4v) is 2.46. The maximum atomic E-state index is 6.42. The van der Waals surface area contributed by atoms with Crippen LogP contribution in [0.25, 0.3) is 0 Å². The molecular weight excluding hydrogens is 236 g/mol. The molecule has 1 atom stereocenters. The van der Waals surface area contributed by atoms with Crippen LogP contribution < -0.4 is 10.5 Å². The van der Waals surface area contributed by atoms with Crippen LogP contribution in [-0.2, 0) is 0 Å². The van der Waals surface area contributed by atoms with Crippen molar-refractivity contribution in [2.24, 2.45) is 5.73 Å². The second-order valence-electron chi connectivity index (χ2n) is 4.91. The molecule has 0 spiro atoms. The minimum absolute atomic E-state index is 0.218. The van der Waals surface area contributed by atoms with E-state index in [1.165, 1.54) is 5.56 Å². The molecule has 0 bridgehead atoms. The van der Waals surface area contributed by atoms with Gasteiger partial charge in [-0.3, -0.25) is 4.98 Å². The van der Waals surface area contributed by atoms with Crippen LogP contribution in [0.2, 0.25) is 0 Å². The summed E-state index contributed by atoms with van der Waals surface area (Å²) in [5.41, 5.74) is 12.0. The van der Waals surface area contributed by atoms with Crippen LogP contribution in [0.5, 0.6) is 5.75 Å². The number of methoxy groups -OCH3 is 1. The highest BCUT2D eigenvalue weighted by molar-refractivity contribution is 5.49. The maximum Gasteiger partial charge on any atom is 0.124 e. The van der Waals surface area contributed by atoms with Gasteiger partial charge in [-0.25, -0.2) is 0 Å². The van der Waals surface area contributed by atoms with E-state index in [2.05, 4.69) is 24.9 Å². The van der Waals surface area contributed by atoms with E-state index in [9.17, 15) is 0 Å². The summed E-state index contributed by atoms with van der Waals surface area (Å²) in [6.45, 7) is 6.17. The van der Waals surface area contributed by atoms with Crippen LogP contribution in [0.4, 0.5) is 0 Å². The summed E-state index contributed by atoms with van der Waals surface area (Å²) in [7, 11) is 1.68. The first-order chi connectivity index (χ1) is 9.04. The van der Waals surface area contributed by atoms with E-state index in [0.717, 1.165) is 28.0 Å². The number of pyridine rings is 1. The fourth-order valence-electron chi connectivity index (χ4n) is 2.46. The Kier molecular flexibility index (Phi) is 3.86. The highest BCUT2D eigenvalue weighted by atomic mass is 16.5. The first kappa shape index (κ1) is 13.6. The number of aromatic nitrogens is 1. The predicted octanol–water partition coefficient (Wildman–Crippen LogP) is 3.06. The third-order valence-corrected chi connectivity index (χ3v) is 3.44. The van der Waals surface area contributed by atoms with Crippen molar-refractivity contribution in [1.82, 2.24) is 4.98 Å². The highest BCUT2D eigenvalue weighted by Gasteiger charge is 2.18. The molecular formula is C16H20N2O. The van der Waals surface area contributed by atoms with Gasteiger partial charge in [0.1, 0.15) is 5.75 Å². The minimum Gasteiger partial charge on any atom is -0.496 e. The lowest BCUT2D eigenvalue weighted by molar-refractivity contribution is 0.407. The lowest BCUT2D eigenvalue weighted by Crippen LogP contribution is -2.16. The van der Waals surface area contributed by atoms with Gasteiger partial charge in [-0.2, -0.15) is 0 Å². The summed E-state index contributed by atoms with van der Waals surface area (Å²) in [6.07, 6.45) is 3.61. The molecule has 0 aliphatic rings. The van der Waals surface area contributed by atoms with Gasteiger partial charge in [0.05, 0.1) is 13.2 Å². The molecule has 0 fully saturated rings. The Labute approximate surface area is 114 Å². The van der Waals surface area contributed by atoms with E-state index in [4.69, 9.17) is 10.5 Å². The van der Waals surface area contributed by atoms with Gasteiger partial charge < -0.3 is 10.5 Å². The molecule has 1 aromatic heterocycles. The normalized spacial score (nSPS) is 12.3. The topological polar surface area (TPSA) is 48.1 Å². The van der Waals surface area contributed by atoms with Crippen LogP contribution in [-0.4, -0.2) is 12.1 Å². The van der Waals surface area contributed by atoms with Crippen molar-refractivity contribution in [3.63, 3.8) is 0 Å². The molecule has 2 N–H and O–H groups in total. The number of nitrogens with two attached hydrogens (primary N) is 1. The summed E-state index contributed by atoms with van der Waals surface area (Å²) >= 11 is 0. The van der Waals surface area contributed by atoms with Gasteiger partial charge in [-0.05, 0) is 55.2 Å². The molecule has 3 nitrogen and oxygen atoms in total. The maximum absolute atomic E-state index is 6.42. The lowest BCUT2D eigenvalue weighted by Gasteiger charge is -2.20. The first-order valence-corrected chi connectivity index (χ1v) is 6.35. The summed E-state index contributed by atoms with van der Waals surface area (Å²) in [4.78, 5) is 4.17. The van der Waals surface area contributed by atoms with Crippen LogP contribution in [0.15, 0.2) is 30.6 Å². The van der Waals surface area contributed by atoms with Crippen LogP contribution in [0.1, 0.15) is 33.9 Å². The van der Waals surface area contributed by atoms with E-state index < -0.39 is 0 Å². The summed E-state index contributed by atoms with van der Waals surface area (Å²) in [6, 6.07) is 5.91. The third kappa shape index (κ3) is 2.61. The molecule has 2 rings (SSSR count). The molecule has 0 amide bonds. The van der Waals surface area contributed by atoms with E-state index in [-0.39, 0.29) is 6.04 Å². The molecule has 3 heteroatoms. The summed E-state index contributed by atoms with van der Waals surface area (Å²) in [5.74, 6) is 0.841. The van der Waals surface area contributed by atoms with Gasteiger partial charge in [0.15, 0.2) is 0 Å². The zero-order valence-corrected chi connectivity index (χ0v) is 11.9. The Morgan fingerprint density at radius 1 is 1.16 bits per heavy atom. The van der Waals surface area contributed by atoms with Crippen LogP contribution >= 0.6 is 0 Å². The van der Waals surface area contributed by atoms with Crippen molar-refractivity contribution in [1.29, 1.82) is 0 Å². The molecule has 1 aromatic carbocycles. The average Bonchev–Trinajstić information content (AvgIpc) is 2.37. The number of aryl methyl sites for hydroxylation is 3. The zero-order chi connectivity index (χ0) is 14.0. The molecule has 0 aliphatic heterocycles. The van der Waals surface area contributed by atoms with Crippen molar-refractivity contribution in [2.45, 2.75) is 26.8 Å². The lowest BCUT2D eigenvalue weighted by atomic mass is 9.92. The second-order valence-corrected chi connectivity index (χ2v) is 4.91. The van der Waals surface area contributed by atoms with Gasteiger partial charge in [0.25, 0.3) is 0 Å². The molecule has 0 saturated heterocycles. The Morgan fingerprint density at radius 2 is 1.89 bits per heavy atom. The number of nitrogens with zero attached hydrogens (tertiary/aromatic N) is 1. The molecule has 2 aromatic rings. The average molecular weight is 256 g/mol. The molecule has 0 saturated carbocycles. The molecule has 0 aliphatic carbocycles. The predicted molar refractivity (Wildman–Crippen MR) is 77.5 cm³/mol. The number of benzene rings is 1. The largest absolute Gasteiger partial charge is 0.496 e. The van der Waals surface area contributed by atoms with Crippen molar-refractivity contribution in [3.8, 4) is 5.75 Å². The number of hydrogen-bond donors (Lipinski definition) is 1. The Morgan fingerprint density at radius 3 is 2.53 bits per heavy atom. The highest BCUT2D eigenvalue weighted by Crippen LogP contribution is 2.33. The SMILES string of the molecule is COc1cc(C)cc(C)c1C(N)c1cnccc1C. The molecule has 1 heterocycles. The van der Waals surface area contributed by atoms with E-state index in [1.54, 1.807) is 13.3 Å². The Bertz CT molecular complexity index is 593. The van der Waals surface area contributed by atoms with Crippen molar-refractivity contribution in [3.05, 3.63) is 58.4 Å². The van der Waals surface area contributed by atoms with Gasteiger partial charge >= 0.3 is 0 Å². The molecule has 1 unspecified atom stereocenters. The first-order valence-electron chi connectivity index (χ1n) is 6.35. The number of hydrogen-bond acceptors (Lipinski definition) is 3. The molecule has 0 radical (unpaired) electrons. The van der Waals surface area contributed by atoms with Crippen molar-refractivity contribution < 1.29 is 4.74 Å². The van der Waals surface area contributed by atoms with E-state index >= 15 is 0 Å². The van der Waals surface area contributed by atoms with E-state index in [0.29, 0.717) is 0 Å². The fraction of sp³-hybridized carbons (Fsp3) is 0.312. The third-order valence-electron chi connectivity index (χ3n) is 3.44. The van der Waals surface area contributed by atoms with Gasteiger partial charge in [0, 0.05) is 18.0 Å². The molecule has 19 heavy (non-hydrogen) atoms. The van der Waals surface area contributed by atoms with Gasteiger partial charge in [0.2, 0.25) is 0 Å². The second kappa shape index (κ2) is 5.41. The van der Waals surface area contributed by atoms with Crippen LogP contribution in [0, 0.1) is 20.8 Å². The van der Waals surface area contributed by atoms with Gasteiger partial charge in [-0.15, -0.1) is 0 Å². The van der Waals surface area contributed by atoms with Crippen molar-refractivity contribution >= 4 is 0 Å². The smallest absolute Gasteiger partial charge is 0.124 e. The van der Waals surface area contributed by atoms with E-state index in [1.807, 2.05) is 25.3 Å². The van der Waals surface area contributed by atoms with Crippen molar-refractivity contribution in [2.75, 3.05) is 7.11 Å².